The lowest BCUT2D eigenvalue weighted by atomic mass is 10.1. The van der Waals surface area contributed by atoms with Gasteiger partial charge in [0.25, 0.3) is 0 Å². The minimum Gasteiger partial charge on any atom is -0.493 e. The van der Waals surface area contributed by atoms with E-state index in [4.69, 9.17) is 4.74 Å². The molecule has 0 bridgehead atoms. The third-order valence-corrected chi connectivity index (χ3v) is 6.65. The first kappa shape index (κ1) is 15.1. The van der Waals surface area contributed by atoms with Crippen LogP contribution in [0.15, 0.2) is 6.20 Å². The van der Waals surface area contributed by atoms with Gasteiger partial charge >= 0.3 is 0 Å². The molecule has 3 unspecified atom stereocenters. The lowest BCUT2D eigenvalue weighted by molar-refractivity contribution is 0.392. The molecule has 1 saturated heterocycles. The Labute approximate surface area is 124 Å². The Balaban J connectivity index is 2.30. The first-order valence-electron chi connectivity index (χ1n) is 6.71. The zero-order valence-corrected chi connectivity index (χ0v) is 13.7. The van der Waals surface area contributed by atoms with Gasteiger partial charge in [-0.25, -0.2) is 0 Å². The second kappa shape index (κ2) is 6.90. The number of aromatic nitrogens is 2. The summed E-state index contributed by atoms with van der Waals surface area (Å²) in [5, 5.41) is 9.17. The maximum Gasteiger partial charge on any atom is 0.161 e. The van der Waals surface area contributed by atoms with E-state index in [1.165, 1.54) is 11.5 Å². The summed E-state index contributed by atoms with van der Waals surface area (Å²) < 4.78 is 7.42. The van der Waals surface area contributed by atoms with Crippen LogP contribution in [0.4, 0.5) is 0 Å². The SMILES string of the molecule is CCNC(c1c(OC)cnn1C)C1SCCSC1C. The van der Waals surface area contributed by atoms with Crippen LogP contribution in [0.2, 0.25) is 0 Å². The van der Waals surface area contributed by atoms with Gasteiger partial charge < -0.3 is 10.1 Å². The summed E-state index contributed by atoms with van der Waals surface area (Å²) >= 11 is 4.13. The van der Waals surface area contributed by atoms with Crippen molar-refractivity contribution in [3.05, 3.63) is 11.9 Å². The molecule has 1 aliphatic rings. The normalized spacial score (nSPS) is 25.3. The van der Waals surface area contributed by atoms with Crippen LogP contribution in [-0.2, 0) is 7.05 Å². The molecule has 6 heteroatoms. The summed E-state index contributed by atoms with van der Waals surface area (Å²) in [6, 6.07) is 0.292. The van der Waals surface area contributed by atoms with Gasteiger partial charge in [-0.1, -0.05) is 13.8 Å². The van der Waals surface area contributed by atoms with Gasteiger partial charge in [0.05, 0.1) is 25.0 Å². The Hall–Kier alpha value is -0.330. The number of ether oxygens (including phenoxy) is 1. The summed E-state index contributed by atoms with van der Waals surface area (Å²) in [5.74, 6) is 3.36. The number of hydrogen-bond acceptors (Lipinski definition) is 5. The standard InChI is InChI=1S/C13H23N3OS2/c1-5-14-11(13-9(2)18-6-7-19-13)12-10(17-4)8-15-16(12)3/h8-9,11,13-14H,5-7H2,1-4H3. The maximum absolute atomic E-state index is 5.48. The third kappa shape index (κ3) is 3.23. The molecule has 1 aromatic rings. The van der Waals surface area contributed by atoms with Gasteiger partial charge in [0.1, 0.15) is 0 Å². The fourth-order valence-electron chi connectivity index (χ4n) is 2.54. The van der Waals surface area contributed by atoms with Gasteiger partial charge in [-0.2, -0.15) is 28.6 Å². The summed E-state index contributed by atoms with van der Waals surface area (Å²) in [7, 11) is 3.71. The second-order valence-electron chi connectivity index (χ2n) is 4.67. The topological polar surface area (TPSA) is 39.1 Å². The molecule has 0 aliphatic carbocycles. The lowest BCUT2D eigenvalue weighted by Crippen LogP contribution is -2.39. The van der Waals surface area contributed by atoms with Crippen LogP contribution in [0, 0.1) is 0 Å². The molecule has 108 valence electrons. The average Bonchev–Trinajstić information content (AvgIpc) is 2.78. The van der Waals surface area contributed by atoms with Crippen molar-refractivity contribution in [3.63, 3.8) is 0 Å². The van der Waals surface area contributed by atoms with Crippen LogP contribution in [0.1, 0.15) is 25.6 Å². The summed E-state index contributed by atoms with van der Waals surface area (Å²) in [6.07, 6.45) is 1.81. The zero-order valence-electron chi connectivity index (χ0n) is 12.0. The number of nitrogens with zero attached hydrogens (tertiary/aromatic N) is 2. The van der Waals surface area contributed by atoms with Gasteiger partial charge in [0.15, 0.2) is 5.75 Å². The number of rotatable bonds is 5. The molecule has 0 aromatic carbocycles. The molecular formula is C13H23N3OS2. The van der Waals surface area contributed by atoms with Gasteiger partial charge in [0, 0.05) is 29.1 Å². The molecule has 3 atom stereocenters. The summed E-state index contributed by atoms with van der Waals surface area (Å²) in [5.41, 5.74) is 1.16. The first-order chi connectivity index (χ1) is 9.19. The Morgan fingerprint density at radius 1 is 1.53 bits per heavy atom. The zero-order chi connectivity index (χ0) is 13.8. The van der Waals surface area contributed by atoms with E-state index >= 15 is 0 Å². The first-order valence-corrected chi connectivity index (χ1v) is 8.81. The van der Waals surface area contributed by atoms with Gasteiger partial charge in [-0.05, 0) is 6.54 Å². The fraction of sp³-hybridized carbons (Fsp3) is 0.769. The smallest absolute Gasteiger partial charge is 0.161 e. The monoisotopic (exact) mass is 301 g/mol. The highest BCUT2D eigenvalue weighted by Crippen LogP contribution is 2.40. The highest BCUT2D eigenvalue weighted by molar-refractivity contribution is 8.07. The highest BCUT2D eigenvalue weighted by atomic mass is 32.2. The molecule has 4 nitrogen and oxygen atoms in total. The molecule has 0 saturated carbocycles. The van der Waals surface area contributed by atoms with Crippen molar-refractivity contribution < 1.29 is 4.74 Å². The Morgan fingerprint density at radius 3 is 2.89 bits per heavy atom. The molecule has 1 N–H and O–H groups in total. The number of aryl methyl sites for hydroxylation is 1. The fourth-order valence-corrected chi connectivity index (χ4v) is 5.46. The number of thioether (sulfide) groups is 2. The lowest BCUT2D eigenvalue weighted by Gasteiger charge is -2.35. The minimum absolute atomic E-state index is 0.292. The van der Waals surface area contributed by atoms with Crippen LogP contribution in [0.5, 0.6) is 5.75 Å². The molecule has 1 aromatic heterocycles. The van der Waals surface area contributed by atoms with E-state index in [-0.39, 0.29) is 0 Å². The molecule has 1 fully saturated rings. The van der Waals surface area contributed by atoms with E-state index < -0.39 is 0 Å². The maximum atomic E-state index is 5.48. The molecule has 0 radical (unpaired) electrons. The molecular weight excluding hydrogens is 278 g/mol. The van der Waals surface area contributed by atoms with Gasteiger partial charge in [-0.3, -0.25) is 4.68 Å². The van der Waals surface area contributed by atoms with Gasteiger partial charge in [0.2, 0.25) is 0 Å². The molecule has 0 amide bonds. The van der Waals surface area contributed by atoms with Crippen molar-refractivity contribution in [1.29, 1.82) is 0 Å². The van der Waals surface area contributed by atoms with Crippen LogP contribution >= 0.6 is 23.5 Å². The highest BCUT2D eigenvalue weighted by Gasteiger charge is 2.34. The van der Waals surface area contributed by atoms with Crippen molar-refractivity contribution >= 4 is 23.5 Å². The number of methoxy groups -OCH3 is 1. The van der Waals surface area contributed by atoms with Crippen molar-refractivity contribution in [2.24, 2.45) is 7.05 Å². The van der Waals surface area contributed by atoms with E-state index in [9.17, 15) is 0 Å². The van der Waals surface area contributed by atoms with E-state index in [0.29, 0.717) is 16.5 Å². The van der Waals surface area contributed by atoms with Crippen LogP contribution in [0.3, 0.4) is 0 Å². The summed E-state index contributed by atoms with van der Waals surface area (Å²) in [6.45, 7) is 5.43. The third-order valence-electron chi connectivity index (χ3n) is 3.45. The van der Waals surface area contributed by atoms with Crippen molar-refractivity contribution in [1.82, 2.24) is 15.1 Å². The van der Waals surface area contributed by atoms with Crippen LogP contribution < -0.4 is 10.1 Å². The predicted molar refractivity (Wildman–Crippen MR) is 84.3 cm³/mol. The second-order valence-corrected chi connectivity index (χ2v) is 7.44. The van der Waals surface area contributed by atoms with E-state index in [0.717, 1.165) is 18.0 Å². The van der Waals surface area contributed by atoms with Gasteiger partial charge in [-0.15, -0.1) is 0 Å². The Morgan fingerprint density at radius 2 is 2.26 bits per heavy atom. The van der Waals surface area contributed by atoms with Crippen LogP contribution in [-0.4, -0.2) is 45.4 Å². The van der Waals surface area contributed by atoms with Crippen molar-refractivity contribution in [2.45, 2.75) is 30.4 Å². The number of nitrogens with one attached hydrogen (secondary N) is 1. The molecule has 19 heavy (non-hydrogen) atoms. The van der Waals surface area contributed by atoms with E-state index in [2.05, 4.69) is 47.8 Å². The Bertz CT molecular complexity index is 411. The quantitative estimate of drug-likeness (QED) is 0.903. The molecule has 1 aliphatic heterocycles. The molecule has 2 rings (SSSR count). The van der Waals surface area contributed by atoms with E-state index in [1.807, 2.05) is 17.9 Å². The minimum atomic E-state index is 0.292. The molecule has 2 heterocycles. The predicted octanol–water partition coefficient (Wildman–Crippen LogP) is 2.32. The van der Waals surface area contributed by atoms with E-state index in [1.54, 1.807) is 7.11 Å². The number of hydrogen-bond donors (Lipinski definition) is 1. The van der Waals surface area contributed by atoms with Crippen molar-refractivity contribution in [3.8, 4) is 5.75 Å². The largest absolute Gasteiger partial charge is 0.493 e. The van der Waals surface area contributed by atoms with Crippen LogP contribution in [0.25, 0.3) is 0 Å². The average molecular weight is 301 g/mol. The molecule has 0 spiro atoms. The summed E-state index contributed by atoms with van der Waals surface area (Å²) in [4.78, 5) is 0. The Kier molecular flexibility index (Phi) is 5.47. The van der Waals surface area contributed by atoms with Crippen molar-refractivity contribution in [2.75, 3.05) is 25.2 Å².